The largest absolute Gasteiger partial charge is 0.303 e. The van der Waals surface area contributed by atoms with Crippen LogP contribution in [0.5, 0.6) is 0 Å². The van der Waals surface area contributed by atoms with E-state index in [-0.39, 0.29) is 0 Å². The minimum Gasteiger partial charge on any atom is -0.303 e. The summed E-state index contributed by atoms with van der Waals surface area (Å²) in [6, 6.07) is 0. The molecule has 0 amide bonds. The van der Waals surface area contributed by atoms with Crippen LogP contribution in [-0.2, 0) is 4.79 Å². The summed E-state index contributed by atoms with van der Waals surface area (Å²) in [5.41, 5.74) is 1.18. The van der Waals surface area contributed by atoms with Gasteiger partial charge in [-0.05, 0) is 13.3 Å². The molecule has 60 valence electrons. The molecule has 0 unspecified atom stereocenters. The maximum atomic E-state index is 10.0. The van der Waals surface area contributed by atoms with E-state index in [9.17, 15) is 4.79 Å². The first kappa shape index (κ1) is 9.89. The van der Waals surface area contributed by atoms with Crippen LogP contribution in [0.1, 0.15) is 19.8 Å². The third kappa shape index (κ3) is 5.34. The van der Waals surface area contributed by atoms with Crippen molar-refractivity contribution in [3.63, 3.8) is 0 Å². The molecule has 1 nitrogen and oxygen atoms in total. The molecule has 0 heterocycles. The van der Waals surface area contributed by atoms with Crippen molar-refractivity contribution in [2.24, 2.45) is 0 Å². The van der Waals surface area contributed by atoms with E-state index in [0.29, 0.717) is 6.42 Å². The maximum absolute atomic E-state index is 10.0. The number of aldehydes is 1. The Hall–Kier alpha value is -1.11. The highest BCUT2D eigenvalue weighted by atomic mass is 16.1. The second-order valence-electron chi connectivity index (χ2n) is 2.16. The standard InChI is InChI=1S/C10H14O/c1-3-5-7-10(4-2)8-6-9-11/h3-5,7,9H,1,6,8H2,2H3/b7-5-,10-4+. The molecule has 0 saturated carbocycles. The summed E-state index contributed by atoms with van der Waals surface area (Å²) in [6.07, 6.45) is 9.93. The fourth-order valence-electron chi connectivity index (χ4n) is 0.741. The van der Waals surface area contributed by atoms with Crippen LogP contribution in [0.15, 0.2) is 36.5 Å². The lowest BCUT2D eigenvalue weighted by Crippen LogP contribution is -1.79. The summed E-state index contributed by atoms with van der Waals surface area (Å²) < 4.78 is 0. The van der Waals surface area contributed by atoms with Crippen molar-refractivity contribution in [3.8, 4) is 0 Å². The normalized spacial score (nSPS) is 11.9. The highest BCUT2D eigenvalue weighted by Gasteiger charge is 1.88. The van der Waals surface area contributed by atoms with Crippen LogP contribution in [0.25, 0.3) is 0 Å². The van der Waals surface area contributed by atoms with Gasteiger partial charge in [-0.15, -0.1) is 0 Å². The van der Waals surface area contributed by atoms with Crippen molar-refractivity contribution < 1.29 is 4.79 Å². The van der Waals surface area contributed by atoms with Crippen LogP contribution in [0, 0.1) is 0 Å². The van der Waals surface area contributed by atoms with Crippen LogP contribution in [0.2, 0.25) is 0 Å². The van der Waals surface area contributed by atoms with Crippen LogP contribution in [0.4, 0.5) is 0 Å². The molecular formula is C10H14O. The van der Waals surface area contributed by atoms with Crippen molar-refractivity contribution in [2.75, 3.05) is 0 Å². The zero-order chi connectivity index (χ0) is 8.53. The van der Waals surface area contributed by atoms with Gasteiger partial charge in [0.05, 0.1) is 0 Å². The molecule has 0 saturated heterocycles. The average molecular weight is 150 g/mol. The predicted octanol–water partition coefficient (Wildman–Crippen LogP) is 2.65. The summed E-state index contributed by atoms with van der Waals surface area (Å²) >= 11 is 0. The lowest BCUT2D eigenvalue weighted by atomic mass is 10.1. The first-order valence-corrected chi connectivity index (χ1v) is 3.73. The van der Waals surface area contributed by atoms with Gasteiger partial charge in [-0.2, -0.15) is 0 Å². The lowest BCUT2D eigenvalue weighted by molar-refractivity contribution is -0.107. The number of allylic oxidation sites excluding steroid dienone is 5. The Morgan fingerprint density at radius 2 is 2.27 bits per heavy atom. The number of hydrogen-bond donors (Lipinski definition) is 0. The van der Waals surface area contributed by atoms with Gasteiger partial charge in [0.25, 0.3) is 0 Å². The zero-order valence-corrected chi connectivity index (χ0v) is 6.92. The number of carbonyl (C=O) groups excluding carboxylic acids is 1. The third-order valence-corrected chi connectivity index (χ3v) is 1.37. The summed E-state index contributed by atoms with van der Waals surface area (Å²) in [5.74, 6) is 0. The highest BCUT2D eigenvalue weighted by Crippen LogP contribution is 2.04. The van der Waals surface area contributed by atoms with E-state index >= 15 is 0 Å². The smallest absolute Gasteiger partial charge is 0.120 e. The van der Waals surface area contributed by atoms with Gasteiger partial charge in [0.2, 0.25) is 0 Å². The Morgan fingerprint density at radius 1 is 1.55 bits per heavy atom. The Labute approximate surface area is 68.1 Å². The summed E-state index contributed by atoms with van der Waals surface area (Å²) in [4.78, 5) is 10.0. The van der Waals surface area contributed by atoms with E-state index in [4.69, 9.17) is 0 Å². The molecule has 1 heteroatoms. The molecule has 0 fully saturated rings. The quantitative estimate of drug-likeness (QED) is 0.435. The first-order valence-electron chi connectivity index (χ1n) is 3.73. The van der Waals surface area contributed by atoms with Crippen molar-refractivity contribution in [1.82, 2.24) is 0 Å². The number of rotatable bonds is 5. The fourth-order valence-corrected chi connectivity index (χ4v) is 0.741. The van der Waals surface area contributed by atoms with E-state index in [2.05, 4.69) is 6.58 Å². The monoisotopic (exact) mass is 150 g/mol. The van der Waals surface area contributed by atoms with Gasteiger partial charge in [0.1, 0.15) is 6.29 Å². The molecule has 0 bridgehead atoms. The maximum Gasteiger partial charge on any atom is 0.120 e. The third-order valence-electron chi connectivity index (χ3n) is 1.37. The molecule has 0 aromatic carbocycles. The molecular weight excluding hydrogens is 136 g/mol. The summed E-state index contributed by atoms with van der Waals surface area (Å²) in [7, 11) is 0. The molecule has 0 aliphatic carbocycles. The molecule has 0 spiro atoms. The lowest BCUT2D eigenvalue weighted by Gasteiger charge is -1.94. The Morgan fingerprint density at radius 3 is 2.73 bits per heavy atom. The molecule has 0 aromatic rings. The van der Waals surface area contributed by atoms with Crippen LogP contribution >= 0.6 is 0 Å². The molecule has 0 radical (unpaired) electrons. The van der Waals surface area contributed by atoms with E-state index in [1.807, 2.05) is 25.2 Å². The number of hydrogen-bond acceptors (Lipinski definition) is 1. The highest BCUT2D eigenvalue weighted by molar-refractivity contribution is 5.50. The van der Waals surface area contributed by atoms with Crippen LogP contribution < -0.4 is 0 Å². The van der Waals surface area contributed by atoms with Gasteiger partial charge in [-0.1, -0.05) is 36.5 Å². The van der Waals surface area contributed by atoms with Gasteiger partial charge >= 0.3 is 0 Å². The average Bonchev–Trinajstić information content (AvgIpc) is 2.05. The Bertz CT molecular complexity index is 175. The molecule has 0 aliphatic rings. The van der Waals surface area contributed by atoms with Crippen LogP contribution in [0.3, 0.4) is 0 Å². The zero-order valence-electron chi connectivity index (χ0n) is 6.92. The van der Waals surface area contributed by atoms with Gasteiger partial charge in [-0.3, -0.25) is 0 Å². The van der Waals surface area contributed by atoms with Crippen molar-refractivity contribution in [2.45, 2.75) is 19.8 Å². The molecule has 0 atom stereocenters. The van der Waals surface area contributed by atoms with Crippen LogP contribution in [-0.4, -0.2) is 6.29 Å². The minimum atomic E-state index is 0.598. The summed E-state index contributed by atoms with van der Waals surface area (Å²) in [6.45, 7) is 5.53. The molecule has 11 heavy (non-hydrogen) atoms. The van der Waals surface area contributed by atoms with Gasteiger partial charge in [-0.25, -0.2) is 0 Å². The molecule has 0 N–H and O–H groups in total. The second-order valence-corrected chi connectivity index (χ2v) is 2.16. The molecule has 0 aliphatic heterocycles. The van der Waals surface area contributed by atoms with Gasteiger partial charge in [0.15, 0.2) is 0 Å². The van der Waals surface area contributed by atoms with Gasteiger partial charge < -0.3 is 4.79 Å². The van der Waals surface area contributed by atoms with E-state index in [0.717, 1.165) is 12.7 Å². The Kier molecular flexibility index (Phi) is 6.30. The second kappa shape index (κ2) is 7.00. The van der Waals surface area contributed by atoms with Crippen molar-refractivity contribution >= 4 is 6.29 Å². The summed E-state index contributed by atoms with van der Waals surface area (Å²) in [5, 5.41) is 0. The van der Waals surface area contributed by atoms with Crippen molar-refractivity contribution in [1.29, 1.82) is 0 Å². The molecule has 0 rings (SSSR count). The first-order chi connectivity index (χ1) is 5.35. The molecule has 0 aromatic heterocycles. The Balaban J connectivity index is 3.86. The number of carbonyl (C=O) groups is 1. The van der Waals surface area contributed by atoms with Gasteiger partial charge in [0, 0.05) is 6.42 Å². The van der Waals surface area contributed by atoms with E-state index < -0.39 is 0 Å². The van der Waals surface area contributed by atoms with E-state index in [1.54, 1.807) is 6.08 Å². The van der Waals surface area contributed by atoms with Crippen molar-refractivity contribution in [3.05, 3.63) is 36.5 Å². The SMILES string of the molecule is C=C/C=C\C(=C/C)CCC=O. The predicted molar refractivity (Wildman–Crippen MR) is 48.4 cm³/mol. The fraction of sp³-hybridized carbons (Fsp3) is 0.300. The minimum absolute atomic E-state index is 0.598. The van der Waals surface area contributed by atoms with E-state index in [1.165, 1.54) is 5.57 Å². The topological polar surface area (TPSA) is 17.1 Å².